The van der Waals surface area contributed by atoms with Crippen LogP contribution in [0, 0.1) is 11.7 Å². The Hall–Kier alpha value is -2.35. The van der Waals surface area contributed by atoms with Gasteiger partial charge in [0.1, 0.15) is 10.8 Å². The first-order chi connectivity index (χ1) is 12.5. The molecule has 0 bridgehead atoms. The van der Waals surface area contributed by atoms with Gasteiger partial charge >= 0.3 is 0 Å². The first-order valence-corrected chi connectivity index (χ1v) is 9.52. The summed E-state index contributed by atoms with van der Waals surface area (Å²) in [7, 11) is 0. The van der Waals surface area contributed by atoms with Crippen molar-refractivity contribution in [3.63, 3.8) is 0 Å². The third-order valence-electron chi connectivity index (χ3n) is 4.41. The number of likely N-dealkylation sites (tertiary alicyclic amines) is 1. The summed E-state index contributed by atoms with van der Waals surface area (Å²) in [5, 5.41) is 12.1. The van der Waals surface area contributed by atoms with Crippen molar-refractivity contribution in [1.29, 1.82) is 0 Å². The van der Waals surface area contributed by atoms with E-state index in [0.29, 0.717) is 18.2 Å². The number of nitrogens with one attached hydrogen (secondary N) is 1. The molecular weight excluding hydrogens is 355 g/mol. The van der Waals surface area contributed by atoms with Crippen LogP contribution in [0.3, 0.4) is 0 Å². The summed E-state index contributed by atoms with van der Waals surface area (Å²) in [6.45, 7) is 3.02. The molecule has 1 saturated heterocycles. The van der Waals surface area contributed by atoms with Crippen molar-refractivity contribution in [2.45, 2.75) is 32.6 Å². The SMILES string of the molecule is CCc1nnc(NC(=O)C2CCCN(C(=O)Cc3ccc(F)cc3)C2)s1. The number of nitrogens with zero attached hydrogens (tertiary/aromatic N) is 3. The van der Waals surface area contributed by atoms with Crippen molar-refractivity contribution in [3.8, 4) is 0 Å². The number of amides is 2. The molecule has 2 aromatic rings. The van der Waals surface area contributed by atoms with E-state index in [1.54, 1.807) is 17.0 Å². The van der Waals surface area contributed by atoms with E-state index < -0.39 is 0 Å². The van der Waals surface area contributed by atoms with E-state index in [9.17, 15) is 14.0 Å². The summed E-state index contributed by atoms with van der Waals surface area (Å²) in [4.78, 5) is 26.7. The van der Waals surface area contributed by atoms with Gasteiger partial charge in [-0.15, -0.1) is 10.2 Å². The van der Waals surface area contributed by atoms with E-state index in [0.717, 1.165) is 29.8 Å². The molecule has 3 rings (SSSR count). The number of halogens is 1. The molecule has 0 aliphatic carbocycles. The predicted molar refractivity (Wildman–Crippen MR) is 97.3 cm³/mol. The Morgan fingerprint density at radius 2 is 2.08 bits per heavy atom. The molecular formula is C18H21FN4O2S. The third kappa shape index (κ3) is 4.63. The highest BCUT2D eigenvalue weighted by Crippen LogP contribution is 2.21. The minimum absolute atomic E-state index is 0.0432. The molecule has 2 amide bonds. The Morgan fingerprint density at radius 3 is 2.77 bits per heavy atom. The van der Waals surface area contributed by atoms with Gasteiger partial charge in [-0.1, -0.05) is 30.4 Å². The van der Waals surface area contributed by atoms with E-state index in [-0.39, 0.29) is 30.0 Å². The second-order valence-corrected chi connectivity index (χ2v) is 7.39. The number of hydrogen-bond acceptors (Lipinski definition) is 5. The Kier molecular flexibility index (Phi) is 5.92. The van der Waals surface area contributed by atoms with Crippen LogP contribution in [0.15, 0.2) is 24.3 Å². The average Bonchev–Trinajstić information content (AvgIpc) is 3.11. The molecule has 0 radical (unpaired) electrons. The summed E-state index contributed by atoms with van der Waals surface area (Å²) in [6.07, 6.45) is 2.52. The van der Waals surface area contributed by atoms with Gasteiger partial charge in [-0.2, -0.15) is 0 Å². The first kappa shape index (κ1) is 18.4. The van der Waals surface area contributed by atoms with E-state index >= 15 is 0 Å². The van der Waals surface area contributed by atoms with Crippen LogP contribution in [0.5, 0.6) is 0 Å². The maximum absolute atomic E-state index is 13.0. The molecule has 2 heterocycles. The summed E-state index contributed by atoms with van der Waals surface area (Å²) < 4.78 is 13.0. The van der Waals surface area contributed by atoms with Crippen LogP contribution in [0.2, 0.25) is 0 Å². The molecule has 1 aliphatic heterocycles. The van der Waals surface area contributed by atoms with E-state index in [4.69, 9.17) is 0 Å². The zero-order valence-electron chi connectivity index (χ0n) is 14.6. The zero-order valence-corrected chi connectivity index (χ0v) is 15.4. The van der Waals surface area contributed by atoms with Crippen LogP contribution in [0.4, 0.5) is 9.52 Å². The van der Waals surface area contributed by atoms with Crippen LogP contribution in [0.25, 0.3) is 0 Å². The quantitative estimate of drug-likeness (QED) is 0.871. The second-order valence-electron chi connectivity index (χ2n) is 6.33. The Bertz CT molecular complexity index is 778. The van der Waals surface area contributed by atoms with Gasteiger partial charge in [0.05, 0.1) is 12.3 Å². The molecule has 6 nitrogen and oxygen atoms in total. The fourth-order valence-electron chi connectivity index (χ4n) is 2.96. The van der Waals surface area contributed by atoms with Gasteiger partial charge in [-0.25, -0.2) is 4.39 Å². The van der Waals surface area contributed by atoms with Gasteiger partial charge < -0.3 is 10.2 Å². The minimum atomic E-state index is -0.321. The summed E-state index contributed by atoms with van der Waals surface area (Å²) >= 11 is 1.37. The maximum Gasteiger partial charge on any atom is 0.231 e. The highest BCUT2D eigenvalue weighted by atomic mass is 32.1. The molecule has 1 atom stereocenters. The number of rotatable bonds is 5. The fourth-order valence-corrected chi connectivity index (χ4v) is 3.64. The van der Waals surface area contributed by atoms with Crippen LogP contribution in [0.1, 0.15) is 30.3 Å². The van der Waals surface area contributed by atoms with Gasteiger partial charge in [0, 0.05) is 13.1 Å². The average molecular weight is 376 g/mol. The van der Waals surface area contributed by atoms with Crippen LogP contribution >= 0.6 is 11.3 Å². The largest absolute Gasteiger partial charge is 0.342 e. The predicted octanol–water partition coefficient (Wildman–Crippen LogP) is 2.66. The normalized spacial score (nSPS) is 17.2. The van der Waals surface area contributed by atoms with Crippen molar-refractivity contribution >= 4 is 28.3 Å². The summed E-state index contributed by atoms with van der Waals surface area (Å²) in [5.74, 6) is -0.741. The highest BCUT2D eigenvalue weighted by molar-refractivity contribution is 7.15. The third-order valence-corrected chi connectivity index (χ3v) is 5.40. The molecule has 138 valence electrons. The topological polar surface area (TPSA) is 75.2 Å². The van der Waals surface area contributed by atoms with Gasteiger partial charge in [0.25, 0.3) is 0 Å². The number of benzene rings is 1. The second kappa shape index (κ2) is 8.35. The van der Waals surface area contributed by atoms with Crippen LogP contribution in [-0.4, -0.2) is 40.0 Å². The molecule has 1 aliphatic rings. The highest BCUT2D eigenvalue weighted by Gasteiger charge is 2.29. The smallest absolute Gasteiger partial charge is 0.231 e. The summed E-state index contributed by atoms with van der Waals surface area (Å²) in [5.41, 5.74) is 0.768. The number of piperidine rings is 1. The van der Waals surface area contributed by atoms with E-state index in [2.05, 4.69) is 15.5 Å². The molecule has 1 unspecified atom stereocenters. The molecule has 0 saturated carbocycles. The maximum atomic E-state index is 13.0. The number of aromatic nitrogens is 2. The first-order valence-electron chi connectivity index (χ1n) is 8.70. The number of hydrogen-bond donors (Lipinski definition) is 1. The zero-order chi connectivity index (χ0) is 18.5. The van der Waals surface area contributed by atoms with Gasteiger partial charge in [-0.3, -0.25) is 9.59 Å². The summed E-state index contributed by atoms with van der Waals surface area (Å²) in [6, 6.07) is 5.92. The lowest BCUT2D eigenvalue weighted by Crippen LogP contribution is -2.44. The molecule has 1 aromatic heterocycles. The molecule has 8 heteroatoms. The minimum Gasteiger partial charge on any atom is -0.342 e. The van der Waals surface area contributed by atoms with E-state index in [1.165, 1.54) is 23.5 Å². The Labute approximate surface area is 155 Å². The van der Waals surface area contributed by atoms with Gasteiger partial charge in [0.15, 0.2) is 0 Å². The van der Waals surface area contributed by atoms with Crippen molar-refractivity contribution in [1.82, 2.24) is 15.1 Å². The van der Waals surface area contributed by atoms with Crippen LogP contribution in [-0.2, 0) is 22.4 Å². The van der Waals surface area contributed by atoms with Crippen LogP contribution < -0.4 is 5.32 Å². The number of aryl methyl sites for hydroxylation is 1. The standard InChI is InChI=1S/C18H21FN4O2S/c1-2-15-21-22-18(26-15)20-17(25)13-4-3-9-23(11-13)16(24)10-12-5-7-14(19)8-6-12/h5-8,13H,2-4,9-11H2,1H3,(H,20,22,25). The number of anilines is 1. The lowest BCUT2D eigenvalue weighted by Gasteiger charge is -2.32. The van der Waals surface area contributed by atoms with Crippen molar-refractivity contribution in [2.75, 3.05) is 18.4 Å². The number of carbonyl (C=O) groups excluding carboxylic acids is 2. The lowest BCUT2D eigenvalue weighted by molar-refractivity contribution is -0.133. The molecule has 1 N–H and O–H groups in total. The fraction of sp³-hybridized carbons (Fsp3) is 0.444. The Morgan fingerprint density at radius 1 is 1.31 bits per heavy atom. The lowest BCUT2D eigenvalue weighted by atomic mass is 9.96. The van der Waals surface area contributed by atoms with Crippen molar-refractivity contribution < 1.29 is 14.0 Å². The number of carbonyl (C=O) groups is 2. The molecule has 26 heavy (non-hydrogen) atoms. The van der Waals surface area contributed by atoms with Crippen molar-refractivity contribution in [2.24, 2.45) is 5.92 Å². The van der Waals surface area contributed by atoms with Crippen molar-refractivity contribution in [3.05, 3.63) is 40.7 Å². The molecule has 1 fully saturated rings. The Balaban J connectivity index is 1.56. The molecule has 0 spiro atoms. The van der Waals surface area contributed by atoms with Gasteiger partial charge in [-0.05, 0) is 37.0 Å². The monoisotopic (exact) mass is 376 g/mol. The molecule has 1 aromatic carbocycles. The van der Waals surface area contributed by atoms with Gasteiger partial charge in [0.2, 0.25) is 16.9 Å². The van der Waals surface area contributed by atoms with E-state index in [1.807, 2.05) is 6.92 Å².